The van der Waals surface area contributed by atoms with E-state index in [9.17, 15) is 9.59 Å². The fourth-order valence-electron chi connectivity index (χ4n) is 0.625. The zero-order valence-electron chi connectivity index (χ0n) is 5.79. The van der Waals surface area contributed by atoms with Crippen molar-refractivity contribution in [2.45, 2.75) is 0 Å². The summed E-state index contributed by atoms with van der Waals surface area (Å²) in [6, 6.07) is 0. The minimum Gasteiger partial charge on any atom is -0.501 e. The number of nitrogens with two attached hydrogens (primary N) is 1. The van der Waals surface area contributed by atoms with Crippen LogP contribution in [0.25, 0.3) is 0 Å². The van der Waals surface area contributed by atoms with Crippen LogP contribution in [0.2, 0.25) is 0 Å². The molecule has 0 fully saturated rings. The van der Waals surface area contributed by atoms with Gasteiger partial charge in [0.25, 0.3) is 5.56 Å². The second-order valence-electron chi connectivity index (χ2n) is 2.05. The van der Waals surface area contributed by atoms with Gasteiger partial charge < -0.3 is 10.8 Å². The van der Waals surface area contributed by atoms with Gasteiger partial charge in [-0.05, 0) is 0 Å². The third kappa shape index (κ3) is 0.977. The van der Waals surface area contributed by atoms with Crippen LogP contribution in [0, 0.1) is 0 Å². The zero-order chi connectivity index (χ0) is 8.59. The van der Waals surface area contributed by atoms with Crippen molar-refractivity contribution in [2.24, 2.45) is 7.05 Å². The lowest BCUT2D eigenvalue weighted by molar-refractivity contribution is 0.461. The van der Waals surface area contributed by atoms with Crippen LogP contribution in [0.3, 0.4) is 0 Å². The molecule has 0 aliphatic heterocycles. The minimum atomic E-state index is -0.870. The van der Waals surface area contributed by atoms with Crippen molar-refractivity contribution in [2.75, 3.05) is 5.73 Å². The molecule has 11 heavy (non-hydrogen) atoms. The van der Waals surface area contributed by atoms with E-state index in [2.05, 4.69) is 0 Å². The molecule has 0 saturated heterocycles. The van der Waals surface area contributed by atoms with E-state index in [0.29, 0.717) is 0 Å². The molecule has 0 spiro atoms. The number of nitrogen functional groups attached to an aromatic ring is 1. The molecule has 0 radical (unpaired) electrons. The summed E-state index contributed by atoms with van der Waals surface area (Å²) < 4.78 is 0.941. The molecule has 1 aromatic rings. The van der Waals surface area contributed by atoms with Crippen molar-refractivity contribution >= 4 is 5.82 Å². The largest absolute Gasteiger partial charge is 0.501 e. The van der Waals surface area contributed by atoms with Crippen LogP contribution in [0.5, 0.6) is 5.75 Å². The van der Waals surface area contributed by atoms with Crippen molar-refractivity contribution in [1.29, 1.82) is 0 Å². The Hall–Kier alpha value is -1.72. The van der Waals surface area contributed by atoms with Gasteiger partial charge in [0, 0.05) is 7.05 Å². The predicted molar refractivity (Wildman–Crippen MR) is 38.4 cm³/mol. The highest BCUT2D eigenvalue weighted by Crippen LogP contribution is 2.06. The van der Waals surface area contributed by atoms with Gasteiger partial charge in [-0.25, -0.2) is 4.79 Å². The molecule has 0 amide bonds. The number of aromatic nitrogens is 2. The molecule has 0 aliphatic rings. The Labute approximate surface area is 60.9 Å². The van der Waals surface area contributed by atoms with Gasteiger partial charge in [-0.2, -0.15) is 0 Å². The summed E-state index contributed by atoms with van der Waals surface area (Å²) in [5, 5.41) is 8.88. The van der Waals surface area contributed by atoms with Crippen LogP contribution in [-0.4, -0.2) is 14.7 Å². The Kier molecular flexibility index (Phi) is 1.45. The Morgan fingerprint density at radius 1 is 1.55 bits per heavy atom. The predicted octanol–water partition coefficient (Wildman–Crippen LogP) is -1.64. The first kappa shape index (κ1) is 7.39. The van der Waals surface area contributed by atoms with Gasteiger partial charge in [0.15, 0.2) is 5.82 Å². The molecule has 4 N–H and O–H groups in total. The number of aromatic amines is 1. The first-order valence-electron chi connectivity index (χ1n) is 2.81. The van der Waals surface area contributed by atoms with Crippen molar-refractivity contribution in [3.63, 3.8) is 0 Å². The van der Waals surface area contributed by atoms with Crippen LogP contribution in [0.15, 0.2) is 9.59 Å². The maximum atomic E-state index is 10.7. The van der Waals surface area contributed by atoms with E-state index in [-0.39, 0.29) is 5.82 Å². The number of anilines is 1. The number of hydrogen-bond donors (Lipinski definition) is 3. The number of aromatic hydroxyl groups is 1. The van der Waals surface area contributed by atoms with Gasteiger partial charge in [0.2, 0.25) is 5.75 Å². The standard InChI is InChI=1S/C5H7N3O3/c1-8-3(6)2(9)4(10)7-5(8)11/h9H,6H2,1H3,(H,7,10,11). The molecule has 1 rings (SSSR count). The lowest BCUT2D eigenvalue weighted by Gasteiger charge is -2.01. The number of nitrogens with one attached hydrogen (secondary N) is 1. The second kappa shape index (κ2) is 2.15. The van der Waals surface area contributed by atoms with Crippen molar-refractivity contribution < 1.29 is 5.11 Å². The molecular weight excluding hydrogens is 150 g/mol. The first-order valence-corrected chi connectivity index (χ1v) is 2.81. The monoisotopic (exact) mass is 157 g/mol. The van der Waals surface area contributed by atoms with Gasteiger partial charge in [0.05, 0.1) is 0 Å². The molecule has 60 valence electrons. The van der Waals surface area contributed by atoms with E-state index in [4.69, 9.17) is 10.8 Å². The normalized spacial score (nSPS) is 9.91. The number of H-pyrrole nitrogens is 1. The Bertz CT molecular complexity index is 355. The maximum Gasteiger partial charge on any atom is 0.329 e. The highest BCUT2D eigenvalue weighted by atomic mass is 16.3. The molecule has 0 aromatic carbocycles. The molecule has 6 heteroatoms. The van der Waals surface area contributed by atoms with Crippen LogP contribution in [0.4, 0.5) is 5.82 Å². The van der Waals surface area contributed by atoms with Crippen LogP contribution in [-0.2, 0) is 7.05 Å². The molecule has 0 unspecified atom stereocenters. The van der Waals surface area contributed by atoms with Crippen molar-refractivity contribution in [1.82, 2.24) is 9.55 Å². The average molecular weight is 157 g/mol. The van der Waals surface area contributed by atoms with Gasteiger partial charge in [-0.3, -0.25) is 14.3 Å². The quantitative estimate of drug-likeness (QED) is 0.420. The highest BCUT2D eigenvalue weighted by molar-refractivity contribution is 5.42. The molecule has 1 heterocycles. The lowest BCUT2D eigenvalue weighted by atomic mass is 10.5. The summed E-state index contributed by atoms with van der Waals surface area (Å²) in [6.07, 6.45) is 0. The smallest absolute Gasteiger partial charge is 0.329 e. The van der Waals surface area contributed by atoms with E-state index < -0.39 is 17.0 Å². The fourth-order valence-corrected chi connectivity index (χ4v) is 0.625. The molecule has 0 saturated carbocycles. The first-order chi connectivity index (χ1) is 5.04. The average Bonchev–Trinajstić information content (AvgIpc) is 1.97. The summed E-state index contributed by atoms with van der Waals surface area (Å²) >= 11 is 0. The summed E-state index contributed by atoms with van der Waals surface area (Å²) in [7, 11) is 1.34. The maximum absolute atomic E-state index is 10.7. The zero-order valence-corrected chi connectivity index (χ0v) is 5.79. The molecule has 0 bridgehead atoms. The molecule has 0 aliphatic carbocycles. The Balaban J connectivity index is 3.73. The van der Waals surface area contributed by atoms with Crippen LogP contribution < -0.4 is 17.0 Å². The number of hydrogen-bond acceptors (Lipinski definition) is 4. The van der Waals surface area contributed by atoms with Crippen LogP contribution >= 0.6 is 0 Å². The molecule has 0 atom stereocenters. The van der Waals surface area contributed by atoms with Gasteiger partial charge in [0.1, 0.15) is 0 Å². The fraction of sp³-hybridized carbons (Fsp3) is 0.200. The Morgan fingerprint density at radius 3 is 2.64 bits per heavy atom. The SMILES string of the molecule is Cn1c(N)c(O)c(=O)[nH]c1=O. The van der Waals surface area contributed by atoms with E-state index in [1.54, 1.807) is 0 Å². The lowest BCUT2D eigenvalue weighted by Crippen LogP contribution is -2.29. The molecule has 1 aromatic heterocycles. The summed E-state index contributed by atoms with van der Waals surface area (Å²) in [4.78, 5) is 23.2. The second-order valence-corrected chi connectivity index (χ2v) is 2.05. The van der Waals surface area contributed by atoms with E-state index in [1.807, 2.05) is 4.98 Å². The van der Waals surface area contributed by atoms with Gasteiger partial charge >= 0.3 is 5.69 Å². The van der Waals surface area contributed by atoms with Crippen molar-refractivity contribution in [3.05, 3.63) is 20.8 Å². The topological polar surface area (TPSA) is 101 Å². The van der Waals surface area contributed by atoms with E-state index in [1.165, 1.54) is 7.05 Å². The molecule has 6 nitrogen and oxygen atoms in total. The number of rotatable bonds is 0. The van der Waals surface area contributed by atoms with E-state index >= 15 is 0 Å². The third-order valence-corrected chi connectivity index (χ3v) is 1.34. The van der Waals surface area contributed by atoms with Crippen molar-refractivity contribution in [3.8, 4) is 5.75 Å². The third-order valence-electron chi connectivity index (χ3n) is 1.34. The summed E-state index contributed by atoms with van der Waals surface area (Å²) in [6.45, 7) is 0. The van der Waals surface area contributed by atoms with Gasteiger partial charge in [-0.15, -0.1) is 0 Å². The van der Waals surface area contributed by atoms with E-state index in [0.717, 1.165) is 4.57 Å². The highest BCUT2D eigenvalue weighted by Gasteiger charge is 2.06. The Morgan fingerprint density at radius 2 is 2.09 bits per heavy atom. The van der Waals surface area contributed by atoms with Gasteiger partial charge in [-0.1, -0.05) is 0 Å². The van der Waals surface area contributed by atoms with Crippen LogP contribution in [0.1, 0.15) is 0 Å². The molecular formula is C5H7N3O3. The minimum absolute atomic E-state index is 0.237. The summed E-state index contributed by atoms with van der Waals surface area (Å²) in [5.74, 6) is -0.870. The number of nitrogens with zero attached hydrogens (tertiary/aromatic N) is 1. The summed E-state index contributed by atoms with van der Waals surface area (Å²) in [5.41, 5.74) is 3.66.